The van der Waals surface area contributed by atoms with Crippen molar-refractivity contribution in [3.8, 4) is 0 Å². The molecule has 0 unspecified atom stereocenters. The molecular weight excluding hydrogens is 357 g/mol. The van der Waals surface area contributed by atoms with Gasteiger partial charge < -0.3 is 4.90 Å². The fourth-order valence-corrected chi connectivity index (χ4v) is 4.59. The fourth-order valence-electron chi connectivity index (χ4n) is 2.90. The van der Waals surface area contributed by atoms with Gasteiger partial charge in [0.25, 0.3) is 0 Å². The topological polar surface area (TPSA) is 54.5 Å². The van der Waals surface area contributed by atoms with Crippen LogP contribution in [0.2, 0.25) is 10.0 Å². The molecule has 0 heterocycles. The van der Waals surface area contributed by atoms with Crippen molar-refractivity contribution in [3.05, 3.63) is 33.8 Å². The molecule has 0 atom stereocenters. The number of halogens is 2. The fraction of sp³-hybridized carbons (Fsp3) is 0.562. The van der Waals surface area contributed by atoms with Crippen molar-refractivity contribution in [2.24, 2.45) is 0 Å². The lowest BCUT2D eigenvalue weighted by Crippen LogP contribution is -2.41. The molecule has 1 aliphatic rings. The van der Waals surface area contributed by atoms with Gasteiger partial charge in [0, 0.05) is 13.1 Å². The van der Waals surface area contributed by atoms with Crippen molar-refractivity contribution in [1.29, 1.82) is 0 Å². The highest BCUT2D eigenvalue weighted by Gasteiger charge is 2.26. The number of benzene rings is 1. The van der Waals surface area contributed by atoms with E-state index in [1.54, 1.807) is 24.1 Å². The standard InChI is InChI=1S/C16H21Cl2NO3S/c1-19(13-5-3-2-4-6-13)16(20)11-23(21,22)10-12-7-8-14(17)15(18)9-12/h7-9,13H,2-6,10-11H2,1H3. The average Bonchev–Trinajstić information content (AvgIpc) is 2.50. The first-order valence-electron chi connectivity index (χ1n) is 7.68. The maximum absolute atomic E-state index is 12.3. The maximum atomic E-state index is 12.3. The van der Waals surface area contributed by atoms with Crippen LogP contribution in [-0.4, -0.2) is 38.1 Å². The second-order valence-corrected chi connectivity index (χ2v) is 8.96. The molecule has 0 saturated heterocycles. The van der Waals surface area contributed by atoms with Crippen LogP contribution in [-0.2, 0) is 20.4 Å². The van der Waals surface area contributed by atoms with Crippen LogP contribution in [0.4, 0.5) is 0 Å². The molecule has 23 heavy (non-hydrogen) atoms. The zero-order valence-corrected chi connectivity index (χ0v) is 15.4. The minimum absolute atomic E-state index is 0.163. The summed E-state index contributed by atoms with van der Waals surface area (Å²) in [5, 5.41) is 0.686. The summed E-state index contributed by atoms with van der Waals surface area (Å²) in [6, 6.07) is 4.86. The third kappa shape index (κ3) is 5.37. The number of hydrogen-bond donors (Lipinski definition) is 0. The van der Waals surface area contributed by atoms with Gasteiger partial charge in [0.05, 0.1) is 15.8 Å². The second kappa shape index (κ2) is 7.86. The van der Waals surface area contributed by atoms with E-state index < -0.39 is 15.6 Å². The Hall–Kier alpha value is -0.780. The third-order valence-electron chi connectivity index (χ3n) is 4.23. The van der Waals surface area contributed by atoms with Crippen molar-refractivity contribution >= 4 is 38.9 Å². The summed E-state index contributed by atoms with van der Waals surface area (Å²) in [5.74, 6) is -1.02. The van der Waals surface area contributed by atoms with Gasteiger partial charge in [-0.25, -0.2) is 8.42 Å². The predicted molar refractivity (Wildman–Crippen MR) is 93.6 cm³/mol. The lowest BCUT2D eigenvalue weighted by molar-refractivity contribution is -0.129. The molecule has 1 aliphatic carbocycles. The third-order valence-corrected chi connectivity index (χ3v) is 6.43. The van der Waals surface area contributed by atoms with E-state index in [9.17, 15) is 13.2 Å². The number of hydrogen-bond acceptors (Lipinski definition) is 3. The number of carbonyl (C=O) groups is 1. The van der Waals surface area contributed by atoms with E-state index in [1.165, 1.54) is 12.5 Å². The average molecular weight is 378 g/mol. The van der Waals surface area contributed by atoms with E-state index in [1.807, 2.05) is 0 Å². The molecule has 0 spiro atoms. The van der Waals surface area contributed by atoms with E-state index in [0.717, 1.165) is 25.7 Å². The Balaban J connectivity index is 1.99. The van der Waals surface area contributed by atoms with Crippen LogP contribution in [0.5, 0.6) is 0 Å². The SMILES string of the molecule is CN(C(=O)CS(=O)(=O)Cc1ccc(Cl)c(Cl)c1)C1CCCCC1. The van der Waals surface area contributed by atoms with E-state index in [2.05, 4.69) is 0 Å². The Morgan fingerprint density at radius 2 is 1.83 bits per heavy atom. The van der Waals surface area contributed by atoms with Crippen LogP contribution in [0.25, 0.3) is 0 Å². The van der Waals surface area contributed by atoms with Gasteiger partial charge in [-0.05, 0) is 30.5 Å². The van der Waals surface area contributed by atoms with Crippen LogP contribution in [0.1, 0.15) is 37.7 Å². The lowest BCUT2D eigenvalue weighted by atomic mass is 9.94. The number of nitrogens with zero attached hydrogens (tertiary/aromatic N) is 1. The van der Waals surface area contributed by atoms with Gasteiger partial charge in [0.1, 0.15) is 5.75 Å². The van der Waals surface area contributed by atoms with E-state index in [0.29, 0.717) is 15.6 Å². The monoisotopic (exact) mass is 377 g/mol. The van der Waals surface area contributed by atoms with Crippen molar-refractivity contribution in [1.82, 2.24) is 4.90 Å². The van der Waals surface area contributed by atoms with Gasteiger partial charge in [-0.2, -0.15) is 0 Å². The van der Waals surface area contributed by atoms with Crippen molar-refractivity contribution in [2.45, 2.75) is 43.9 Å². The van der Waals surface area contributed by atoms with Crippen molar-refractivity contribution in [3.63, 3.8) is 0 Å². The van der Waals surface area contributed by atoms with Gasteiger partial charge >= 0.3 is 0 Å². The van der Waals surface area contributed by atoms with E-state index in [4.69, 9.17) is 23.2 Å². The Bertz CT molecular complexity index is 670. The highest BCUT2D eigenvalue weighted by molar-refractivity contribution is 7.91. The Labute approximate surface area is 147 Å². The molecule has 1 fully saturated rings. The molecule has 128 valence electrons. The van der Waals surface area contributed by atoms with Gasteiger partial charge in [0.15, 0.2) is 9.84 Å². The summed E-state index contributed by atoms with van der Waals surface area (Å²) < 4.78 is 24.5. The van der Waals surface area contributed by atoms with Crippen molar-refractivity contribution < 1.29 is 13.2 Å². The Kier molecular flexibility index (Phi) is 6.34. The first-order valence-corrected chi connectivity index (χ1v) is 10.3. The first-order chi connectivity index (χ1) is 10.8. The van der Waals surface area contributed by atoms with Gasteiger partial charge in [0.2, 0.25) is 5.91 Å². The molecule has 2 rings (SSSR count). The number of carbonyl (C=O) groups excluding carboxylic acids is 1. The molecule has 1 amide bonds. The molecule has 7 heteroatoms. The smallest absolute Gasteiger partial charge is 0.237 e. The number of rotatable bonds is 5. The van der Waals surface area contributed by atoms with Crippen LogP contribution >= 0.6 is 23.2 Å². The van der Waals surface area contributed by atoms with Crippen LogP contribution < -0.4 is 0 Å². The number of sulfone groups is 1. The predicted octanol–water partition coefficient (Wildman–Crippen LogP) is 3.70. The highest BCUT2D eigenvalue weighted by atomic mass is 35.5. The summed E-state index contributed by atoms with van der Waals surface area (Å²) in [6.07, 6.45) is 5.29. The normalized spacial score (nSPS) is 16.3. The molecular formula is C16H21Cl2NO3S. The molecule has 0 radical (unpaired) electrons. The minimum Gasteiger partial charge on any atom is -0.342 e. The summed E-state index contributed by atoms with van der Waals surface area (Å²) in [7, 11) is -1.84. The molecule has 1 aromatic carbocycles. The van der Waals surface area contributed by atoms with Crippen LogP contribution in [0.15, 0.2) is 18.2 Å². The molecule has 4 nitrogen and oxygen atoms in total. The number of amides is 1. The van der Waals surface area contributed by atoms with Crippen molar-refractivity contribution in [2.75, 3.05) is 12.8 Å². The summed E-state index contributed by atoms with van der Waals surface area (Å²) in [6.45, 7) is 0. The first kappa shape index (κ1) is 18.6. The molecule has 1 saturated carbocycles. The summed E-state index contributed by atoms with van der Waals surface area (Å²) >= 11 is 11.7. The van der Waals surface area contributed by atoms with Crippen LogP contribution in [0, 0.1) is 0 Å². The zero-order valence-electron chi connectivity index (χ0n) is 13.1. The molecule has 0 aliphatic heterocycles. The summed E-state index contributed by atoms with van der Waals surface area (Å²) in [4.78, 5) is 13.9. The molecule has 0 N–H and O–H groups in total. The van der Waals surface area contributed by atoms with Gasteiger partial charge in [-0.15, -0.1) is 0 Å². The van der Waals surface area contributed by atoms with Gasteiger partial charge in [-0.1, -0.05) is 48.5 Å². The van der Waals surface area contributed by atoms with E-state index >= 15 is 0 Å². The lowest BCUT2D eigenvalue weighted by Gasteiger charge is -2.31. The minimum atomic E-state index is -3.54. The van der Waals surface area contributed by atoms with Gasteiger partial charge in [-0.3, -0.25) is 4.79 Å². The second-order valence-electron chi connectivity index (χ2n) is 6.08. The molecule has 1 aromatic rings. The van der Waals surface area contributed by atoms with Crippen LogP contribution in [0.3, 0.4) is 0 Å². The zero-order chi connectivity index (χ0) is 17.0. The highest BCUT2D eigenvalue weighted by Crippen LogP contribution is 2.24. The largest absolute Gasteiger partial charge is 0.342 e. The maximum Gasteiger partial charge on any atom is 0.237 e. The Morgan fingerprint density at radius 3 is 2.43 bits per heavy atom. The quantitative estimate of drug-likeness (QED) is 0.785. The van der Waals surface area contributed by atoms with E-state index in [-0.39, 0.29) is 17.7 Å². The summed E-state index contributed by atoms with van der Waals surface area (Å²) in [5.41, 5.74) is 0.535. The Morgan fingerprint density at radius 1 is 1.17 bits per heavy atom. The molecule has 0 aromatic heterocycles. The molecule has 0 bridgehead atoms.